The van der Waals surface area contributed by atoms with Crippen molar-refractivity contribution in [2.75, 3.05) is 19.3 Å². The van der Waals surface area contributed by atoms with Crippen molar-refractivity contribution in [2.45, 2.75) is 25.6 Å². The Kier molecular flexibility index (Phi) is 6.81. The van der Waals surface area contributed by atoms with E-state index in [9.17, 15) is 4.79 Å². The lowest BCUT2D eigenvalue weighted by Crippen LogP contribution is -2.33. The molecule has 0 atom stereocenters. The summed E-state index contributed by atoms with van der Waals surface area (Å²) < 4.78 is 5.57. The normalized spacial score (nSPS) is 10.5. The van der Waals surface area contributed by atoms with Crippen LogP contribution in [0, 0.1) is 0 Å². The molecule has 0 radical (unpaired) electrons. The van der Waals surface area contributed by atoms with E-state index in [2.05, 4.69) is 10.6 Å². The minimum Gasteiger partial charge on any atom is -0.464 e. The number of nitrogens with one attached hydrogen (secondary N) is 2. The summed E-state index contributed by atoms with van der Waals surface area (Å²) in [6, 6.07) is 3.92. The van der Waals surface area contributed by atoms with Crippen molar-refractivity contribution >= 4 is 17.7 Å². The Hall–Kier alpha value is -0.940. The molecule has 0 aromatic carbocycles. The van der Waals surface area contributed by atoms with Crippen molar-refractivity contribution in [3.8, 4) is 0 Å². The smallest absolute Gasteiger partial charge is 0.233 e. The zero-order valence-electron chi connectivity index (χ0n) is 10.4. The lowest BCUT2D eigenvalue weighted by molar-refractivity contribution is -0.120. The molecule has 5 heteroatoms. The summed E-state index contributed by atoms with van der Waals surface area (Å²) in [4.78, 5) is 11.3. The summed E-state index contributed by atoms with van der Waals surface area (Å²) in [6.45, 7) is 3.69. The molecule has 1 heterocycles. The first-order chi connectivity index (χ1) is 8.26. The average Bonchev–Trinajstić information content (AvgIpc) is 2.75. The van der Waals surface area contributed by atoms with Gasteiger partial charge in [0.1, 0.15) is 11.5 Å². The van der Waals surface area contributed by atoms with Crippen LogP contribution < -0.4 is 10.6 Å². The highest BCUT2D eigenvalue weighted by Crippen LogP contribution is 2.12. The minimum atomic E-state index is 0.0303. The molecule has 0 aliphatic heterocycles. The van der Waals surface area contributed by atoms with Crippen molar-refractivity contribution in [2.24, 2.45) is 0 Å². The second kappa shape index (κ2) is 8.20. The van der Waals surface area contributed by atoms with Crippen molar-refractivity contribution in [3.63, 3.8) is 0 Å². The first kappa shape index (κ1) is 14.1. The third kappa shape index (κ3) is 5.79. The number of rotatable bonds is 8. The summed E-state index contributed by atoms with van der Waals surface area (Å²) in [5.41, 5.74) is 0. The molecule has 1 rings (SSSR count). The molecule has 0 saturated carbocycles. The van der Waals surface area contributed by atoms with E-state index in [0.717, 1.165) is 30.2 Å². The molecule has 1 aromatic rings. The predicted molar refractivity (Wildman–Crippen MR) is 70.9 cm³/mol. The van der Waals surface area contributed by atoms with Crippen molar-refractivity contribution in [1.29, 1.82) is 0 Å². The largest absolute Gasteiger partial charge is 0.464 e. The zero-order valence-corrected chi connectivity index (χ0v) is 11.2. The number of amides is 1. The van der Waals surface area contributed by atoms with Crippen LogP contribution in [0.3, 0.4) is 0 Å². The van der Waals surface area contributed by atoms with Gasteiger partial charge >= 0.3 is 0 Å². The van der Waals surface area contributed by atoms with Gasteiger partial charge in [0.25, 0.3) is 0 Å². The van der Waals surface area contributed by atoms with E-state index in [1.54, 1.807) is 11.8 Å². The molecule has 17 heavy (non-hydrogen) atoms. The number of carbonyl (C=O) groups excluding carboxylic acids is 1. The van der Waals surface area contributed by atoms with Gasteiger partial charge in [0.15, 0.2) is 0 Å². The molecule has 1 aromatic heterocycles. The summed E-state index contributed by atoms with van der Waals surface area (Å²) in [5, 5.41) is 5.86. The van der Waals surface area contributed by atoms with Crippen LogP contribution in [0.1, 0.15) is 24.9 Å². The maximum Gasteiger partial charge on any atom is 0.233 e. The van der Waals surface area contributed by atoms with Gasteiger partial charge in [-0.25, -0.2) is 0 Å². The summed E-state index contributed by atoms with van der Waals surface area (Å²) >= 11 is 1.73. The fraction of sp³-hybridized carbons (Fsp3) is 0.583. The first-order valence-electron chi connectivity index (χ1n) is 5.80. The average molecular weight is 256 g/mol. The van der Waals surface area contributed by atoms with E-state index in [1.165, 1.54) is 0 Å². The highest BCUT2D eigenvalue weighted by atomic mass is 32.2. The van der Waals surface area contributed by atoms with Crippen LogP contribution in [0.4, 0.5) is 0 Å². The fourth-order valence-corrected chi connectivity index (χ4v) is 1.80. The molecule has 1 amide bonds. The van der Waals surface area contributed by atoms with Gasteiger partial charge in [0.2, 0.25) is 5.91 Å². The monoisotopic (exact) mass is 256 g/mol. The molecule has 0 aliphatic rings. The van der Waals surface area contributed by atoms with Crippen molar-refractivity contribution in [1.82, 2.24) is 10.6 Å². The maximum absolute atomic E-state index is 11.3. The van der Waals surface area contributed by atoms with Gasteiger partial charge in [0, 0.05) is 6.54 Å². The van der Waals surface area contributed by atoms with Crippen LogP contribution >= 0.6 is 11.8 Å². The minimum absolute atomic E-state index is 0.0303. The molecule has 0 bridgehead atoms. The van der Waals surface area contributed by atoms with E-state index in [0.29, 0.717) is 13.1 Å². The zero-order chi connectivity index (χ0) is 12.5. The molecular weight excluding hydrogens is 236 g/mol. The van der Waals surface area contributed by atoms with Crippen LogP contribution in [0.15, 0.2) is 16.5 Å². The molecular formula is C12H20N2O2S. The Balaban J connectivity index is 2.19. The quantitative estimate of drug-likeness (QED) is 0.744. The number of furan rings is 1. The van der Waals surface area contributed by atoms with Gasteiger partial charge in [-0.2, -0.15) is 11.8 Å². The highest BCUT2D eigenvalue weighted by Gasteiger charge is 2.03. The van der Waals surface area contributed by atoms with Gasteiger partial charge in [-0.05, 0) is 24.8 Å². The number of hydrogen-bond donors (Lipinski definition) is 2. The summed E-state index contributed by atoms with van der Waals surface area (Å²) in [6.07, 6.45) is 3.00. The Morgan fingerprint density at radius 1 is 1.41 bits per heavy atom. The molecule has 0 aliphatic carbocycles. The van der Waals surface area contributed by atoms with Crippen LogP contribution in [0.5, 0.6) is 0 Å². The fourth-order valence-electron chi connectivity index (χ4n) is 1.36. The molecule has 2 N–H and O–H groups in total. The highest BCUT2D eigenvalue weighted by molar-refractivity contribution is 7.97. The Morgan fingerprint density at radius 2 is 2.18 bits per heavy atom. The van der Waals surface area contributed by atoms with Gasteiger partial charge in [0.05, 0.1) is 18.8 Å². The van der Waals surface area contributed by atoms with Crippen LogP contribution in [0.25, 0.3) is 0 Å². The van der Waals surface area contributed by atoms with E-state index in [4.69, 9.17) is 4.42 Å². The number of thioether (sulfide) groups is 1. The molecule has 0 fully saturated rings. The maximum atomic E-state index is 11.3. The molecule has 4 nitrogen and oxygen atoms in total. The second-order valence-corrected chi connectivity index (χ2v) is 4.62. The third-order valence-electron chi connectivity index (χ3n) is 2.16. The Bertz CT molecular complexity index is 339. The Morgan fingerprint density at radius 3 is 2.88 bits per heavy atom. The van der Waals surface area contributed by atoms with Crippen LogP contribution in [0.2, 0.25) is 0 Å². The van der Waals surface area contributed by atoms with E-state index in [-0.39, 0.29) is 5.91 Å². The van der Waals surface area contributed by atoms with Gasteiger partial charge in [-0.15, -0.1) is 0 Å². The molecule has 0 unspecified atom stereocenters. The van der Waals surface area contributed by atoms with E-state index < -0.39 is 0 Å². The lowest BCUT2D eigenvalue weighted by atomic mass is 10.4. The predicted octanol–water partition coefficient (Wildman–Crippen LogP) is 1.76. The van der Waals surface area contributed by atoms with Crippen molar-refractivity contribution in [3.05, 3.63) is 23.7 Å². The molecule has 96 valence electrons. The summed E-state index contributed by atoms with van der Waals surface area (Å²) in [7, 11) is 0. The third-order valence-corrected chi connectivity index (χ3v) is 2.73. The second-order valence-electron chi connectivity index (χ2n) is 3.75. The number of carbonyl (C=O) groups is 1. The van der Waals surface area contributed by atoms with E-state index >= 15 is 0 Å². The molecule has 0 saturated heterocycles. The van der Waals surface area contributed by atoms with Gasteiger partial charge in [-0.1, -0.05) is 6.92 Å². The van der Waals surface area contributed by atoms with E-state index in [1.807, 2.05) is 25.3 Å². The van der Waals surface area contributed by atoms with Crippen LogP contribution in [-0.2, 0) is 17.1 Å². The SMILES string of the molecule is CCCNC(=O)CNCc1ccc(CSC)o1. The first-order valence-corrected chi connectivity index (χ1v) is 7.19. The number of hydrogen-bond acceptors (Lipinski definition) is 4. The lowest BCUT2D eigenvalue weighted by Gasteiger charge is -2.04. The van der Waals surface area contributed by atoms with Crippen molar-refractivity contribution < 1.29 is 9.21 Å². The van der Waals surface area contributed by atoms with Gasteiger partial charge in [-0.3, -0.25) is 4.79 Å². The standard InChI is InChI=1S/C12H20N2O2S/c1-3-6-14-12(15)8-13-7-10-4-5-11(16-10)9-17-2/h4-5,13H,3,6-9H2,1-2H3,(H,14,15). The van der Waals surface area contributed by atoms with Gasteiger partial charge < -0.3 is 15.1 Å². The molecule has 0 spiro atoms. The van der Waals surface area contributed by atoms with Crippen LogP contribution in [-0.4, -0.2) is 25.3 Å². The topological polar surface area (TPSA) is 54.3 Å². The summed E-state index contributed by atoms with van der Waals surface area (Å²) in [5.74, 6) is 2.77. The Labute approximate surface area is 107 Å².